The third kappa shape index (κ3) is 2.95. The van der Waals surface area contributed by atoms with E-state index in [-0.39, 0.29) is 18.9 Å². The van der Waals surface area contributed by atoms with Crippen molar-refractivity contribution in [3.05, 3.63) is 39.1 Å². The molecule has 1 N–H and O–H groups in total. The summed E-state index contributed by atoms with van der Waals surface area (Å²) in [6.45, 7) is 1.62. The van der Waals surface area contributed by atoms with Crippen molar-refractivity contribution in [2.45, 2.75) is 13.5 Å². The van der Waals surface area contributed by atoms with Crippen molar-refractivity contribution >= 4 is 28.6 Å². The van der Waals surface area contributed by atoms with Crippen LogP contribution in [0.1, 0.15) is 23.0 Å². The molecular formula is C13H12INO4. The molecule has 0 aliphatic rings. The van der Waals surface area contributed by atoms with Gasteiger partial charge in [-0.25, -0.2) is 4.79 Å². The molecule has 1 aromatic heterocycles. The number of aromatic nitrogens is 1. The van der Waals surface area contributed by atoms with Gasteiger partial charge in [-0.2, -0.15) is 0 Å². The van der Waals surface area contributed by atoms with Crippen molar-refractivity contribution < 1.29 is 19.2 Å². The number of nitrogens with zero attached hydrogens (tertiary/aromatic N) is 1. The fraction of sp³-hybridized carbons (Fsp3) is 0.231. The maximum absolute atomic E-state index is 11.7. The van der Waals surface area contributed by atoms with E-state index in [2.05, 4.69) is 27.7 Å². The highest BCUT2D eigenvalue weighted by Gasteiger charge is 2.23. The van der Waals surface area contributed by atoms with Crippen LogP contribution in [0.2, 0.25) is 0 Å². The molecule has 2 aromatic rings. The molecule has 0 fully saturated rings. The number of rotatable bonds is 4. The zero-order chi connectivity index (χ0) is 13.8. The number of hydrogen-bond acceptors (Lipinski definition) is 5. The number of aliphatic hydroxyl groups is 1. The van der Waals surface area contributed by atoms with E-state index in [0.717, 1.165) is 9.13 Å². The molecule has 6 heteroatoms. The van der Waals surface area contributed by atoms with Crippen molar-refractivity contribution in [3.63, 3.8) is 0 Å². The van der Waals surface area contributed by atoms with Crippen LogP contribution in [0.5, 0.6) is 0 Å². The van der Waals surface area contributed by atoms with Crippen molar-refractivity contribution in [2.24, 2.45) is 0 Å². The van der Waals surface area contributed by atoms with Gasteiger partial charge in [0, 0.05) is 9.13 Å². The molecule has 0 bridgehead atoms. The number of ether oxygens (including phenoxy) is 1. The molecule has 0 saturated heterocycles. The molecule has 0 saturated carbocycles. The summed E-state index contributed by atoms with van der Waals surface area (Å²) in [5, 5.41) is 13.1. The van der Waals surface area contributed by atoms with Crippen LogP contribution in [-0.2, 0) is 11.3 Å². The Labute approximate surface area is 123 Å². The lowest BCUT2D eigenvalue weighted by Crippen LogP contribution is -2.08. The molecule has 1 aromatic carbocycles. The largest absolute Gasteiger partial charge is 0.461 e. The predicted molar refractivity (Wildman–Crippen MR) is 76.5 cm³/mol. The number of carbonyl (C=O) groups is 1. The third-order valence-corrected chi connectivity index (χ3v) is 3.17. The van der Waals surface area contributed by atoms with Crippen LogP contribution in [0, 0.1) is 3.57 Å². The normalized spacial score (nSPS) is 10.5. The Hall–Kier alpha value is -1.41. The molecule has 0 radical (unpaired) electrons. The molecule has 1 heterocycles. The van der Waals surface area contributed by atoms with Gasteiger partial charge in [-0.05, 0) is 41.6 Å². The van der Waals surface area contributed by atoms with Gasteiger partial charge in [0.2, 0.25) is 0 Å². The summed E-state index contributed by atoms with van der Waals surface area (Å²) < 4.78 is 11.1. The molecule has 0 aliphatic carbocycles. The highest BCUT2D eigenvalue weighted by Crippen LogP contribution is 2.28. The summed E-state index contributed by atoms with van der Waals surface area (Å²) in [4.78, 5) is 11.7. The second kappa shape index (κ2) is 6.16. The predicted octanol–water partition coefficient (Wildman–Crippen LogP) is 2.62. The van der Waals surface area contributed by atoms with Gasteiger partial charge in [-0.3, -0.25) is 0 Å². The number of halogens is 1. The fourth-order valence-corrected chi connectivity index (χ4v) is 2.22. The van der Waals surface area contributed by atoms with Crippen LogP contribution in [-0.4, -0.2) is 22.8 Å². The quantitative estimate of drug-likeness (QED) is 0.659. The Balaban J connectivity index is 2.45. The Morgan fingerprint density at radius 3 is 2.95 bits per heavy atom. The van der Waals surface area contributed by atoms with E-state index in [1.807, 2.05) is 24.3 Å². The zero-order valence-electron chi connectivity index (χ0n) is 10.2. The summed E-state index contributed by atoms with van der Waals surface area (Å²) in [7, 11) is 0. The van der Waals surface area contributed by atoms with Crippen LogP contribution >= 0.6 is 22.6 Å². The summed E-state index contributed by atoms with van der Waals surface area (Å²) in [6.07, 6.45) is 0. The van der Waals surface area contributed by atoms with Gasteiger partial charge >= 0.3 is 5.97 Å². The molecule has 2 rings (SSSR count). The first-order valence-electron chi connectivity index (χ1n) is 5.69. The summed E-state index contributed by atoms with van der Waals surface area (Å²) in [5.74, 6) is -0.198. The lowest BCUT2D eigenvalue weighted by atomic mass is 10.1. The Bertz CT molecular complexity index is 594. The molecule has 5 nitrogen and oxygen atoms in total. The number of benzene rings is 1. The maximum atomic E-state index is 11.7. The summed E-state index contributed by atoms with van der Waals surface area (Å²) in [5.41, 5.74) is 1.14. The minimum atomic E-state index is -0.591. The average molecular weight is 373 g/mol. The van der Waals surface area contributed by atoms with Crippen LogP contribution in [0.15, 0.2) is 28.8 Å². The van der Waals surface area contributed by atoms with Crippen LogP contribution in [0.25, 0.3) is 11.3 Å². The van der Waals surface area contributed by atoms with E-state index in [9.17, 15) is 9.90 Å². The van der Waals surface area contributed by atoms with Crippen LogP contribution in [0.4, 0.5) is 0 Å². The minimum absolute atomic E-state index is 0.0261. The third-order valence-electron chi connectivity index (χ3n) is 2.50. The van der Waals surface area contributed by atoms with Crippen molar-refractivity contribution in [1.82, 2.24) is 5.16 Å². The van der Waals surface area contributed by atoms with E-state index < -0.39 is 5.97 Å². The van der Waals surface area contributed by atoms with Gasteiger partial charge in [-0.1, -0.05) is 17.3 Å². The van der Waals surface area contributed by atoms with E-state index in [1.54, 1.807) is 6.92 Å². The maximum Gasteiger partial charge on any atom is 0.360 e. The summed E-state index contributed by atoms with van der Waals surface area (Å²) in [6, 6.07) is 7.52. The monoisotopic (exact) mass is 373 g/mol. The zero-order valence-corrected chi connectivity index (χ0v) is 12.4. The van der Waals surface area contributed by atoms with E-state index in [4.69, 9.17) is 9.26 Å². The number of hydrogen-bond donors (Lipinski definition) is 1. The van der Waals surface area contributed by atoms with Crippen LogP contribution in [0.3, 0.4) is 0 Å². The smallest absolute Gasteiger partial charge is 0.360 e. The van der Waals surface area contributed by atoms with Crippen LogP contribution < -0.4 is 0 Å². The Kier molecular flexibility index (Phi) is 4.54. The second-order valence-corrected chi connectivity index (χ2v) is 4.97. The summed E-state index contributed by atoms with van der Waals surface area (Å²) >= 11 is 2.17. The van der Waals surface area contributed by atoms with Gasteiger partial charge < -0.3 is 14.4 Å². The first-order valence-corrected chi connectivity index (χ1v) is 6.77. The molecule has 0 aliphatic heterocycles. The standard InChI is InChI=1S/C13H12INO4/c1-2-18-13(17)11-10(7-16)12(19-15-11)8-4-3-5-9(14)6-8/h3-6,16H,2,7H2,1H3. The molecule has 19 heavy (non-hydrogen) atoms. The lowest BCUT2D eigenvalue weighted by Gasteiger charge is -2.01. The molecule has 100 valence electrons. The molecule has 0 amide bonds. The van der Waals surface area contributed by atoms with Crippen molar-refractivity contribution in [3.8, 4) is 11.3 Å². The molecule has 0 atom stereocenters. The average Bonchev–Trinajstić information content (AvgIpc) is 2.82. The highest BCUT2D eigenvalue weighted by atomic mass is 127. The molecule has 0 unspecified atom stereocenters. The first kappa shape index (κ1) is 14.0. The molecule has 0 spiro atoms. The van der Waals surface area contributed by atoms with Gasteiger partial charge in [0.1, 0.15) is 0 Å². The molecular weight excluding hydrogens is 361 g/mol. The van der Waals surface area contributed by atoms with E-state index in [1.165, 1.54) is 0 Å². The van der Waals surface area contributed by atoms with Gasteiger partial charge in [0.05, 0.1) is 18.8 Å². The van der Waals surface area contributed by atoms with Crippen molar-refractivity contribution in [2.75, 3.05) is 6.61 Å². The van der Waals surface area contributed by atoms with E-state index >= 15 is 0 Å². The number of carbonyl (C=O) groups excluding carboxylic acids is 1. The SMILES string of the molecule is CCOC(=O)c1noc(-c2cccc(I)c2)c1CO. The topological polar surface area (TPSA) is 72.6 Å². The first-order chi connectivity index (χ1) is 9.17. The Morgan fingerprint density at radius 1 is 1.53 bits per heavy atom. The highest BCUT2D eigenvalue weighted by molar-refractivity contribution is 14.1. The van der Waals surface area contributed by atoms with Crippen molar-refractivity contribution in [1.29, 1.82) is 0 Å². The lowest BCUT2D eigenvalue weighted by molar-refractivity contribution is 0.0511. The Morgan fingerprint density at radius 2 is 2.32 bits per heavy atom. The minimum Gasteiger partial charge on any atom is -0.461 e. The van der Waals surface area contributed by atoms with E-state index in [0.29, 0.717) is 11.3 Å². The number of esters is 1. The number of aliphatic hydroxyl groups excluding tert-OH is 1. The van der Waals surface area contributed by atoms with Gasteiger partial charge in [0.15, 0.2) is 11.5 Å². The second-order valence-electron chi connectivity index (χ2n) is 3.73. The van der Waals surface area contributed by atoms with Gasteiger partial charge in [-0.15, -0.1) is 0 Å². The van der Waals surface area contributed by atoms with Gasteiger partial charge in [0.25, 0.3) is 0 Å². The fourth-order valence-electron chi connectivity index (χ4n) is 1.67.